The Morgan fingerprint density at radius 2 is 1.88 bits per heavy atom. The van der Waals surface area contributed by atoms with Gasteiger partial charge in [0.05, 0.1) is 0 Å². The van der Waals surface area contributed by atoms with E-state index in [1.165, 1.54) is 49.8 Å². The molecule has 4 heteroatoms. The summed E-state index contributed by atoms with van der Waals surface area (Å²) in [6.07, 6.45) is 9.32. The zero-order valence-corrected chi connectivity index (χ0v) is 14.9. The molecule has 0 fully saturated rings. The van der Waals surface area contributed by atoms with E-state index in [1.54, 1.807) is 11.3 Å². The van der Waals surface area contributed by atoms with Crippen LogP contribution in [0.4, 0.5) is 0 Å². The zero-order chi connectivity index (χ0) is 12.7. The van der Waals surface area contributed by atoms with Crippen LogP contribution in [-0.2, 0) is 0 Å². The molecule has 1 heterocycles. The minimum Gasteiger partial charge on any atom is -0.126 e. The first kappa shape index (κ1) is 16.0. The molecule has 0 bridgehead atoms. The molecule has 1 aromatic heterocycles. The van der Waals surface area contributed by atoms with Crippen LogP contribution in [-0.4, -0.2) is 0 Å². The molecule has 0 aliphatic heterocycles. The Bertz CT molecular complexity index is 306. The molecule has 0 aromatic carbocycles. The second kappa shape index (κ2) is 8.95. The highest BCUT2D eigenvalue weighted by Crippen LogP contribution is 2.40. The van der Waals surface area contributed by atoms with E-state index in [2.05, 4.69) is 44.8 Å². The van der Waals surface area contributed by atoms with Gasteiger partial charge in [0.2, 0.25) is 0 Å². The summed E-state index contributed by atoms with van der Waals surface area (Å²) < 4.78 is 1.87. The predicted octanol–water partition coefficient (Wildman–Crippen LogP) is 7.35. The maximum atomic E-state index is 6.04. The van der Waals surface area contributed by atoms with E-state index in [0.29, 0.717) is 4.83 Å². The van der Waals surface area contributed by atoms with Gasteiger partial charge in [0.15, 0.2) is 0 Å². The molecule has 0 saturated heterocycles. The molecule has 0 spiro atoms. The molecule has 0 N–H and O–H groups in total. The molecular weight excluding hydrogens is 383 g/mol. The Morgan fingerprint density at radius 1 is 1.24 bits per heavy atom. The van der Waals surface area contributed by atoms with Crippen molar-refractivity contribution in [2.24, 2.45) is 0 Å². The Hall–Kier alpha value is 0.950. The van der Waals surface area contributed by atoms with Gasteiger partial charge in [-0.1, -0.05) is 73.0 Å². The lowest BCUT2D eigenvalue weighted by atomic mass is 10.1. The zero-order valence-electron chi connectivity index (χ0n) is 10.1. The fraction of sp³-hybridized carbons (Fsp3) is 0.692. The van der Waals surface area contributed by atoms with Crippen molar-refractivity contribution in [2.45, 2.75) is 56.7 Å². The van der Waals surface area contributed by atoms with Crippen LogP contribution in [0.25, 0.3) is 0 Å². The normalized spacial score (nSPS) is 12.9. The molecule has 1 aromatic rings. The van der Waals surface area contributed by atoms with Crippen LogP contribution in [0.15, 0.2) is 10.5 Å². The minimum atomic E-state index is 0.461. The standard InChI is InChI=1S/C13H19Br2ClS/c1-2-3-4-5-6-7-8-10(14)12-9-11(15)13(16)17-12/h9-10H,2-8H2,1H3. The van der Waals surface area contributed by atoms with E-state index in [-0.39, 0.29) is 0 Å². The van der Waals surface area contributed by atoms with Crippen molar-refractivity contribution in [1.29, 1.82) is 0 Å². The van der Waals surface area contributed by atoms with Gasteiger partial charge >= 0.3 is 0 Å². The lowest BCUT2D eigenvalue weighted by Gasteiger charge is -2.06. The highest BCUT2D eigenvalue weighted by molar-refractivity contribution is 9.10. The van der Waals surface area contributed by atoms with E-state index in [4.69, 9.17) is 11.6 Å². The van der Waals surface area contributed by atoms with Crippen LogP contribution in [0, 0.1) is 0 Å². The summed E-state index contributed by atoms with van der Waals surface area (Å²) in [7, 11) is 0. The van der Waals surface area contributed by atoms with E-state index < -0.39 is 0 Å². The first-order chi connectivity index (χ1) is 8.15. The van der Waals surface area contributed by atoms with Crippen LogP contribution in [0.3, 0.4) is 0 Å². The van der Waals surface area contributed by atoms with Gasteiger partial charge in [0.1, 0.15) is 4.34 Å². The number of hydrogen-bond acceptors (Lipinski definition) is 1. The first-order valence-corrected chi connectivity index (χ1v) is 9.14. The predicted molar refractivity (Wildman–Crippen MR) is 86.7 cm³/mol. The Labute approximate surface area is 130 Å². The fourth-order valence-corrected chi connectivity index (χ4v) is 4.25. The van der Waals surface area contributed by atoms with Gasteiger partial charge in [0, 0.05) is 14.2 Å². The number of hydrogen-bond donors (Lipinski definition) is 0. The van der Waals surface area contributed by atoms with Gasteiger partial charge < -0.3 is 0 Å². The van der Waals surface area contributed by atoms with Crippen LogP contribution >= 0.6 is 54.8 Å². The average Bonchev–Trinajstić information content (AvgIpc) is 2.64. The van der Waals surface area contributed by atoms with Crippen molar-refractivity contribution in [1.82, 2.24) is 0 Å². The molecule has 98 valence electrons. The second-order valence-corrected chi connectivity index (χ2v) is 7.94. The molecule has 0 nitrogen and oxygen atoms in total. The third-order valence-corrected chi connectivity index (χ3v) is 6.63. The molecule has 1 rings (SSSR count). The van der Waals surface area contributed by atoms with Crippen molar-refractivity contribution in [2.75, 3.05) is 0 Å². The van der Waals surface area contributed by atoms with Crippen molar-refractivity contribution >= 4 is 54.8 Å². The van der Waals surface area contributed by atoms with Crippen LogP contribution in [0.2, 0.25) is 4.34 Å². The summed E-state index contributed by atoms with van der Waals surface area (Å²) in [6, 6.07) is 2.13. The molecule has 0 aliphatic carbocycles. The number of thiophene rings is 1. The molecule has 0 amide bonds. The lowest BCUT2D eigenvalue weighted by Crippen LogP contribution is -1.87. The summed E-state index contributed by atoms with van der Waals surface area (Å²) in [5, 5.41) is 0. The third kappa shape index (κ3) is 6.09. The molecule has 0 aliphatic rings. The Balaban J connectivity index is 2.19. The maximum absolute atomic E-state index is 6.04. The van der Waals surface area contributed by atoms with Crippen molar-refractivity contribution in [3.63, 3.8) is 0 Å². The van der Waals surface area contributed by atoms with Crippen molar-refractivity contribution < 1.29 is 0 Å². The van der Waals surface area contributed by atoms with Gasteiger partial charge in [-0.05, 0) is 28.4 Å². The summed E-state index contributed by atoms with van der Waals surface area (Å²) in [4.78, 5) is 1.79. The Morgan fingerprint density at radius 3 is 2.47 bits per heavy atom. The highest BCUT2D eigenvalue weighted by Gasteiger charge is 2.12. The molecule has 0 radical (unpaired) electrons. The molecule has 0 saturated carbocycles. The van der Waals surface area contributed by atoms with Gasteiger partial charge in [-0.15, -0.1) is 11.3 Å². The number of alkyl halides is 1. The number of halogens is 3. The van der Waals surface area contributed by atoms with Gasteiger partial charge in [-0.3, -0.25) is 0 Å². The molecular formula is C13H19Br2ClS. The number of unbranched alkanes of at least 4 members (excludes halogenated alkanes) is 5. The van der Waals surface area contributed by atoms with Crippen LogP contribution < -0.4 is 0 Å². The third-order valence-electron chi connectivity index (χ3n) is 2.78. The van der Waals surface area contributed by atoms with E-state index in [1.807, 2.05) is 0 Å². The van der Waals surface area contributed by atoms with Gasteiger partial charge in [-0.25, -0.2) is 0 Å². The molecule has 1 unspecified atom stereocenters. The number of rotatable bonds is 8. The van der Waals surface area contributed by atoms with Crippen LogP contribution in [0.1, 0.15) is 61.6 Å². The quantitative estimate of drug-likeness (QED) is 0.315. The van der Waals surface area contributed by atoms with Gasteiger partial charge in [-0.2, -0.15) is 0 Å². The van der Waals surface area contributed by atoms with E-state index >= 15 is 0 Å². The molecule has 1 atom stereocenters. The highest BCUT2D eigenvalue weighted by atomic mass is 79.9. The summed E-state index contributed by atoms with van der Waals surface area (Å²) in [5.74, 6) is 0. The second-order valence-electron chi connectivity index (χ2n) is 4.29. The van der Waals surface area contributed by atoms with Crippen molar-refractivity contribution in [3.8, 4) is 0 Å². The van der Waals surface area contributed by atoms with E-state index in [9.17, 15) is 0 Å². The average molecular weight is 403 g/mol. The SMILES string of the molecule is CCCCCCCCC(Br)c1cc(Br)c(Cl)s1. The topological polar surface area (TPSA) is 0 Å². The van der Waals surface area contributed by atoms with Crippen LogP contribution in [0.5, 0.6) is 0 Å². The fourth-order valence-electron chi connectivity index (χ4n) is 1.76. The van der Waals surface area contributed by atoms with E-state index in [0.717, 1.165) is 8.81 Å². The maximum Gasteiger partial charge on any atom is 0.107 e. The Kier molecular flexibility index (Phi) is 8.43. The van der Waals surface area contributed by atoms with Gasteiger partial charge in [0.25, 0.3) is 0 Å². The summed E-state index contributed by atoms with van der Waals surface area (Å²) in [5.41, 5.74) is 0. The van der Waals surface area contributed by atoms with Crippen molar-refractivity contribution in [3.05, 3.63) is 19.8 Å². The summed E-state index contributed by atoms with van der Waals surface area (Å²) in [6.45, 7) is 2.26. The summed E-state index contributed by atoms with van der Waals surface area (Å²) >= 11 is 14.9. The molecule has 17 heavy (non-hydrogen) atoms. The monoisotopic (exact) mass is 400 g/mol. The largest absolute Gasteiger partial charge is 0.126 e. The first-order valence-electron chi connectivity index (χ1n) is 6.24. The smallest absolute Gasteiger partial charge is 0.107 e. The minimum absolute atomic E-state index is 0.461. The lowest BCUT2D eigenvalue weighted by molar-refractivity contribution is 0.589.